The lowest BCUT2D eigenvalue weighted by atomic mass is 9.95. The number of hydrogen-bond acceptors (Lipinski definition) is 7. The Morgan fingerprint density at radius 2 is 1.89 bits per heavy atom. The molecule has 1 heterocycles. The smallest absolute Gasteiger partial charge is 0.404 e. The maximum Gasteiger partial charge on any atom is 0.404 e. The molecule has 1 aliphatic heterocycles. The van der Waals surface area contributed by atoms with Crippen LogP contribution < -0.4 is 11.1 Å². The average Bonchev–Trinajstić information content (AvgIpc) is 2.93. The largest absolute Gasteiger partial charge is 0.458 e. The predicted octanol–water partition coefficient (Wildman–Crippen LogP) is 5.66. The van der Waals surface area contributed by atoms with Crippen LogP contribution in [0.4, 0.5) is 4.79 Å². The van der Waals surface area contributed by atoms with Crippen molar-refractivity contribution in [1.29, 1.82) is 0 Å². The third-order valence-corrected chi connectivity index (χ3v) is 6.78. The van der Waals surface area contributed by atoms with Gasteiger partial charge in [0.25, 0.3) is 0 Å². The van der Waals surface area contributed by atoms with E-state index in [2.05, 4.69) is 11.4 Å². The standard InChI is InChI=1S/C35H52N2O7/c1-25(2)22-32(39)37-21-15-14-17-26(3)23-28(5)31-24-27(4)16-10-6-8-12-19-30(44-35(36)42)34(41)29(38)18-11-7-9-13-20-33(40)43-31/h6,10-11,13-14,16-18,20,22-23,28-31,34,38,41H,7-9,12,15,19,21,24H2,1-5H3,(H2,36,42)(H,37,39)/b10-6+,17-14+,18-11+,20-13+,26-23+,27-16+. The number of cyclic esters (lactones) is 1. The fourth-order valence-corrected chi connectivity index (χ4v) is 4.50. The molecule has 0 bridgehead atoms. The molecule has 0 saturated heterocycles. The summed E-state index contributed by atoms with van der Waals surface area (Å²) in [5, 5.41) is 23.7. The van der Waals surface area contributed by atoms with Gasteiger partial charge in [0.2, 0.25) is 5.91 Å². The Morgan fingerprint density at radius 1 is 1.16 bits per heavy atom. The molecule has 0 aromatic rings. The number of rotatable bonds is 8. The highest BCUT2D eigenvalue weighted by atomic mass is 16.6. The van der Waals surface area contributed by atoms with Crippen LogP contribution in [0, 0.1) is 5.92 Å². The van der Waals surface area contributed by atoms with Gasteiger partial charge in [-0.1, -0.05) is 78.3 Å². The summed E-state index contributed by atoms with van der Waals surface area (Å²) in [4.78, 5) is 35.8. The third kappa shape index (κ3) is 18.1. The summed E-state index contributed by atoms with van der Waals surface area (Å²) >= 11 is 0. The molecule has 0 radical (unpaired) electrons. The molecular weight excluding hydrogens is 560 g/mol. The highest BCUT2D eigenvalue weighted by Crippen LogP contribution is 2.21. The fraction of sp³-hybridized carbons (Fsp3) is 0.514. The summed E-state index contributed by atoms with van der Waals surface area (Å²) < 4.78 is 10.9. The van der Waals surface area contributed by atoms with Crippen molar-refractivity contribution in [2.24, 2.45) is 11.7 Å². The number of esters is 1. The molecule has 0 aromatic carbocycles. The topological polar surface area (TPSA) is 148 Å². The molecule has 1 aliphatic rings. The van der Waals surface area contributed by atoms with Gasteiger partial charge in [0.1, 0.15) is 24.4 Å². The average molecular weight is 613 g/mol. The molecule has 0 spiro atoms. The minimum Gasteiger partial charge on any atom is -0.458 e. The molecule has 9 nitrogen and oxygen atoms in total. The lowest BCUT2D eigenvalue weighted by Gasteiger charge is -2.24. The molecule has 0 saturated carbocycles. The number of aliphatic hydroxyl groups excluding tert-OH is 2. The van der Waals surface area contributed by atoms with Gasteiger partial charge in [-0.25, -0.2) is 9.59 Å². The highest BCUT2D eigenvalue weighted by molar-refractivity contribution is 5.88. The fourth-order valence-electron chi connectivity index (χ4n) is 4.50. The molecule has 5 atom stereocenters. The molecule has 5 unspecified atom stereocenters. The first kappa shape index (κ1) is 38.3. The zero-order valence-electron chi connectivity index (χ0n) is 26.9. The lowest BCUT2D eigenvalue weighted by Crippen LogP contribution is -2.40. The second kappa shape index (κ2) is 21.9. The minimum atomic E-state index is -1.31. The second-order valence-electron chi connectivity index (χ2n) is 11.4. The van der Waals surface area contributed by atoms with Crippen molar-refractivity contribution in [2.45, 2.75) is 104 Å². The maximum atomic E-state index is 12.7. The van der Waals surface area contributed by atoms with E-state index in [4.69, 9.17) is 15.2 Å². The van der Waals surface area contributed by atoms with Gasteiger partial charge in [-0.3, -0.25) is 4.79 Å². The van der Waals surface area contributed by atoms with Crippen LogP contribution in [0.3, 0.4) is 0 Å². The Morgan fingerprint density at radius 3 is 2.59 bits per heavy atom. The first-order valence-corrected chi connectivity index (χ1v) is 15.3. The molecule has 0 fully saturated rings. The Labute approximate surface area is 263 Å². The number of carbonyl (C=O) groups excluding carboxylic acids is 3. The van der Waals surface area contributed by atoms with Crippen molar-refractivity contribution < 1.29 is 34.1 Å². The highest BCUT2D eigenvalue weighted by Gasteiger charge is 2.27. The van der Waals surface area contributed by atoms with E-state index in [1.165, 1.54) is 12.2 Å². The summed E-state index contributed by atoms with van der Waals surface area (Å²) in [6.45, 7) is 10.3. The number of primary amides is 1. The molecule has 244 valence electrons. The quantitative estimate of drug-likeness (QED) is 0.0908. The van der Waals surface area contributed by atoms with Gasteiger partial charge < -0.3 is 30.7 Å². The molecule has 44 heavy (non-hydrogen) atoms. The summed E-state index contributed by atoms with van der Waals surface area (Å²) in [7, 11) is 0. The van der Waals surface area contributed by atoms with Gasteiger partial charge in [0, 0.05) is 31.0 Å². The first-order chi connectivity index (χ1) is 20.9. The number of allylic oxidation sites excluding steroid dienone is 8. The Kier molecular flexibility index (Phi) is 19.1. The lowest BCUT2D eigenvalue weighted by molar-refractivity contribution is -0.144. The van der Waals surface area contributed by atoms with Crippen LogP contribution in [0.25, 0.3) is 0 Å². The Bertz CT molecular complexity index is 1130. The van der Waals surface area contributed by atoms with Crippen molar-refractivity contribution in [3.63, 3.8) is 0 Å². The van der Waals surface area contributed by atoms with E-state index in [0.717, 1.165) is 16.7 Å². The second-order valence-corrected chi connectivity index (χ2v) is 11.4. The van der Waals surface area contributed by atoms with E-state index in [1.807, 2.05) is 65.0 Å². The van der Waals surface area contributed by atoms with Crippen molar-refractivity contribution in [3.8, 4) is 0 Å². The number of nitrogens with two attached hydrogens (primary N) is 1. The Hall–Kier alpha value is -3.69. The number of hydrogen-bond donors (Lipinski definition) is 4. The zero-order chi connectivity index (χ0) is 32.9. The van der Waals surface area contributed by atoms with Gasteiger partial charge in [-0.15, -0.1) is 0 Å². The Balaban J connectivity index is 2.98. The minimum absolute atomic E-state index is 0.0578. The summed E-state index contributed by atoms with van der Waals surface area (Å²) in [6, 6.07) is 0. The number of carbonyl (C=O) groups is 3. The molecule has 2 amide bonds. The van der Waals surface area contributed by atoms with Gasteiger partial charge in [-0.2, -0.15) is 0 Å². The maximum absolute atomic E-state index is 12.7. The van der Waals surface area contributed by atoms with E-state index < -0.39 is 30.4 Å². The molecule has 9 heteroatoms. The van der Waals surface area contributed by atoms with Crippen LogP contribution in [-0.2, 0) is 19.1 Å². The SMILES string of the molecule is CC(C)=CC(=O)NCC/C=C/C(C)=C/C(C)C1C/C(C)=C/C=C/CCCC(OC(N)=O)C(O)C(O)/C=C/CC/C=C/C(=O)O1. The molecular formula is C35H52N2O7. The first-order valence-electron chi connectivity index (χ1n) is 15.3. The summed E-state index contributed by atoms with van der Waals surface area (Å²) in [5.41, 5.74) is 8.19. The van der Waals surface area contributed by atoms with Crippen LogP contribution >= 0.6 is 0 Å². The number of nitrogens with one attached hydrogen (secondary N) is 1. The molecule has 1 rings (SSSR count). The van der Waals surface area contributed by atoms with E-state index in [-0.39, 0.29) is 17.9 Å². The van der Waals surface area contributed by atoms with Gasteiger partial charge >= 0.3 is 12.1 Å². The van der Waals surface area contributed by atoms with E-state index >= 15 is 0 Å². The number of ether oxygens (including phenoxy) is 2. The van der Waals surface area contributed by atoms with Crippen LogP contribution in [0.2, 0.25) is 0 Å². The van der Waals surface area contributed by atoms with E-state index in [9.17, 15) is 24.6 Å². The summed E-state index contributed by atoms with van der Waals surface area (Å²) in [6.07, 6.45) is 18.9. The van der Waals surface area contributed by atoms with Gasteiger partial charge in [-0.05, 0) is 66.2 Å². The van der Waals surface area contributed by atoms with Crippen LogP contribution in [0.1, 0.15) is 79.6 Å². The van der Waals surface area contributed by atoms with Crippen molar-refractivity contribution >= 4 is 18.0 Å². The normalized spacial score (nSPS) is 27.1. The summed E-state index contributed by atoms with van der Waals surface area (Å²) in [5.74, 6) is -0.583. The van der Waals surface area contributed by atoms with Gasteiger partial charge in [0.15, 0.2) is 0 Å². The molecule has 0 aromatic heterocycles. The number of aliphatic hydroxyl groups is 2. The van der Waals surface area contributed by atoms with Crippen LogP contribution in [0.15, 0.2) is 83.6 Å². The van der Waals surface area contributed by atoms with Crippen LogP contribution in [-0.4, -0.2) is 59.1 Å². The zero-order valence-corrected chi connectivity index (χ0v) is 26.9. The van der Waals surface area contributed by atoms with Crippen molar-refractivity contribution in [3.05, 3.63) is 83.6 Å². The monoisotopic (exact) mass is 612 g/mol. The van der Waals surface area contributed by atoms with E-state index in [1.54, 1.807) is 18.2 Å². The molecule has 0 aliphatic carbocycles. The van der Waals surface area contributed by atoms with Crippen molar-refractivity contribution in [2.75, 3.05) is 6.54 Å². The van der Waals surface area contributed by atoms with E-state index in [0.29, 0.717) is 51.5 Å². The van der Waals surface area contributed by atoms with Crippen LogP contribution in [0.5, 0.6) is 0 Å². The third-order valence-electron chi connectivity index (χ3n) is 6.78. The number of amides is 2. The van der Waals surface area contributed by atoms with Gasteiger partial charge in [0.05, 0.1) is 0 Å². The predicted molar refractivity (Wildman–Crippen MR) is 174 cm³/mol. The molecule has 5 N–H and O–H groups in total. The van der Waals surface area contributed by atoms with Crippen molar-refractivity contribution in [1.82, 2.24) is 5.32 Å².